The van der Waals surface area contributed by atoms with Crippen molar-refractivity contribution in [2.24, 2.45) is 5.73 Å². The number of carbonyl (C=O) groups is 1. The molecule has 4 heteroatoms. The molecule has 0 aliphatic carbocycles. The summed E-state index contributed by atoms with van der Waals surface area (Å²) in [5.41, 5.74) is 8.18. The topological polar surface area (TPSA) is 59.5 Å². The Morgan fingerprint density at radius 3 is 2.57 bits per heavy atom. The third-order valence-corrected chi connectivity index (χ3v) is 3.42. The first-order chi connectivity index (χ1) is 10.1. The molecule has 0 fully saturated rings. The summed E-state index contributed by atoms with van der Waals surface area (Å²) in [5.74, 6) is 0.714. The highest BCUT2D eigenvalue weighted by Gasteiger charge is 2.18. The number of carbonyl (C=O) groups excluding carboxylic acids is 1. The molecule has 1 aromatic heterocycles. The fourth-order valence-corrected chi connectivity index (χ4v) is 2.16. The molecule has 1 amide bonds. The first-order valence-corrected chi connectivity index (χ1v) is 7.18. The van der Waals surface area contributed by atoms with Crippen LogP contribution in [0, 0.1) is 6.92 Å². The number of nitrogens with zero attached hydrogens (tertiary/aromatic N) is 1. The molecule has 0 saturated heterocycles. The molecule has 0 saturated carbocycles. The molecule has 112 valence electrons. The van der Waals surface area contributed by atoms with Gasteiger partial charge in [0.1, 0.15) is 5.76 Å². The second-order valence-electron chi connectivity index (χ2n) is 5.36. The van der Waals surface area contributed by atoms with Crippen LogP contribution < -0.4 is 5.73 Å². The number of aryl methyl sites for hydroxylation is 1. The highest BCUT2D eigenvalue weighted by atomic mass is 16.3. The molecule has 21 heavy (non-hydrogen) atoms. The summed E-state index contributed by atoms with van der Waals surface area (Å²) in [6.45, 7) is 4.86. The molecule has 4 nitrogen and oxygen atoms in total. The van der Waals surface area contributed by atoms with Crippen LogP contribution in [0.3, 0.4) is 0 Å². The predicted octanol–water partition coefficient (Wildman–Crippen LogP) is 2.51. The monoisotopic (exact) mass is 286 g/mol. The number of benzene rings is 1. The fourth-order valence-electron chi connectivity index (χ4n) is 2.16. The molecular weight excluding hydrogens is 264 g/mol. The molecule has 2 aromatic rings. The van der Waals surface area contributed by atoms with E-state index < -0.39 is 6.04 Å². The summed E-state index contributed by atoms with van der Waals surface area (Å²) >= 11 is 0. The minimum atomic E-state index is -0.502. The van der Waals surface area contributed by atoms with E-state index in [9.17, 15) is 4.79 Å². The van der Waals surface area contributed by atoms with Crippen LogP contribution in [-0.4, -0.2) is 23.4 Å². The standard InChI is InChI=1S/C17H22N2O2/c1-13-5-7-15(8-6-13)9-10-19(17(20)14(2)18)12-16-4-3-11-21-16/h3-8,11,14H,9-10,12,18H2,1-2H3/t14-/m1/s1. The summed E-state index contributed by atoms with van der Waals surface area (Å²) in [7, 11) is 0. The van der Waals surface area contributed by atoms with Crippen LogP contribution >= 0.6 is 0 Å². The summed E-state index contributed by atoms with van der Waals surface area (Å²) in [6, 6.07) is 11.5. The first kappa shape index (κ1) is 15.3. The van der Waals surface area contributed by atoms with Gasteiger partial charge in [-0.1, -0.05) is 29.8 Å². The fraction of sp³-hybridized carbons (Fsp3) is 0.353. The van der Waals surface area contributed by atoms with Gasteiger partial charge in [0.05, 0.1) is 18.8 Å². The number of furan rings is 1. The summed E-state index contributed by atoms with van der Waals surface area (Å²) in [5, 5.41) is 0. The van der Waals surface area contributed by atoms with Crippen molar-refractivity contribution in [1.82, 2.24) is 4.90 Å². The van der Waals surface area contributed by atoms with E-state index in [0.717, 1.165) is 12.2 Å². The van der Waals surface area contributed by atoms with Crippen molar-refractivity contribution in [3.05, 3.63) is 59.5 Å². The van der Waals surface area contributed by atoms with E-state index in [4.69, 9.17) is 10.2 Å². The Hall–Kier alpha value is -2.07. The molecule has 0 aliphatic rings. The molecule has 0 spiro atoms. The Kier molecular flexibility index (Phi) is 5.17. The van der Waals surface area contributed by atoms with Crippen molar-refractivity contribution in [1.29, 1.82) is 0 Å². The third-order valence-electron chi connectivity index (χ3n) is 3.42. The average molecular weight is 286 g/mol. The van der Waals surface area contributed by atoms with E-state index in [1.165, 1.54) is 11.1 Å². The van der Waals surface area contributed by atoms with Gasteiger partial charge >= 0.3 is 0 Å². The van der Waals surface area contributed by atoms with Crippen LogP contribution in [-0.2, 0) is 17.8 Å². The van der Waals surface area contributed by atoms with Crippen LogP contribution in [0.4, 0.5) is 0 Å². The van der Waals surface area contributed by atoms with Crippen LogP contribution in [0.15, 0.2) is 47.1 Å². The van der Waals surface area contributed by atoms with Gasteiger partial charge in [0.15, 0.2) is 0 Å². The van der Waals surface area contributed by atoms with E-state index >= 15 is 0 Å². The minimum absolute atomic E-state index is 0.0569. The second kappa shape index (κ2) is 7.09. The first-order valence-electron chi connectivity index (χ1n) is 7.18. The number of hydrogen-bond donors (Lipinski definition) is 1. The molecule has 1 aromatic carbocycles. The Labute approximate surface area is 125 Å². The van der Waals surface area contributed by atoms with Crippen molar-refractivity contribution in [2.75, 3.05) is 6.54 Å². The maximum absolute atomic E-state index is 12.2. The zero-order valence-corrected chi connectivity index (χ0v) is 12.6. The Morgan fingerprint density at radius 2 is 2.00 bits per heavy atom. The Bertz CT molecular complexity index is 559. The van der Waals surface area contributed by atoms with Gasteiger partial charge in [-0.05, 0) is 38.0 Å². The zero-order chi connectivity index (χ0) is 15.2. The van der Waals surface area contributed by atoms with Crippen molar-refractivity contribution in [2.45, 2.75) is 32.9 Å². The Morgan fingerprint density at radius 1 is 1.29 bits per heavy atom. The van der Waals surface area contributed by atoms with Gasteiger partial charge in [0.25, 0.3) is 0 Å². The maximum atomic E-state index is 12.2. The number of rotatable bonds is 6. The van der Waals surface area contributed by atoms with Crippen LogP contribution in [0.25, 0.3) is 0 Å². The van der Waals surface area contributed by atoms with E-state index in [-0.39, 0.29) is 5.91 Å². The van der Waals surface area contributed by atoms with E-state index in [1.54, 1.807) is 18.1 Å². The lowest BCUT2D eigenvalue weighted by atomic mass is 10.1. The lowest BCUT2D eigenvalue weighted by Gasteiger charge is -2.23. The lowest BCUT2D eigenvalue weighted by molar-refractivity contribution is -0.133. The molecule has 2 N–H and O–H groups in total. The maximum Gasteiger partial charge on any atom is 0.239 e. The number of hydrogen-bond acceptors (Lipinski definition) is 3. The molecular formula is C17H22N2O2. The summed E-state index contributed by atoms with van der Waals surface area (Å²) < 4.78 is 5.33. The SMILES string of the molecule is Cc1ccc(CCN(Cc2ccco2)C(=O)[C@@H](C)N)cc1. The highest BCUT2D eigenvalue weighted by molar-refractivity contribution is 5.81. The average Bonchev–Trinajstić information content (AvgIpc) is 2.97. The molecule has 0 bridgehead atoms. The largest absolute Gasteiger partial charge is 0.467 e. The number of nitrogens with two attached hydrogens (primary N) is 1. The molecule has 0 aliphatic heterocycles. The van der Waals surface area contributed by atoms with Gasteiger partial charge in [-0.15, -0.1) is 0 Å². The smallest absolute Gasteiger partial charge is 0.239 e. The van der Waals surface area contributed by atoms with E-state index in [0.29, 0.717) is 13.1 Å². The molecule has 2 rings (SSSR count). The molecule has 1 heterocycles. The van der Waals surface area contributed by atoms with Crippen molar-refractivity contribution in [3.8, 4) is 0 Å². The lowest BCUT2D eigenvalue weighted by Crippen LogP contribution is -2.42. The summed E-state index contributed by atoms with van der Waals surface area (Å²) in [6.07, 6.45) is 2.42. The van der Waals surface area contributed by atoms with Gasteiger partial charge in [0, 0.05) is 6.54 Å². The van der Waals surface area contributed by atoms with Crippen molar-refractivity contribution in [3.63, 3.8) is 0 Å². The van der Waals surface area contributed by atoms with Crippen LogP contribution in [0.2, 0.25) is 0 Å². The second-order valence-corrected chi connectivity index (χ2v) is 5.36. The quantitative estimate of drug-likeness (QED) is 0.887. The zero-order valence-electron chi connectivity index (χ0n) is 12.6. The third kappa shape index (κ3) is 4.46. The van der Waals surface area contributed by atoms with Crippen LogP contribution in [0.5, 0.6) is 0 Å². The van der Waals surface area contributed by atoms with Gasteiger partial charge < -0.3 is 15.1 Å². The van der Waals surface area contributed by atoms with Crippen molar-refractivity contribution >= 4 is 5.91 Å². The van der Waals surface area contributed by atoms with Gasteiger partial charge in [0.2, 0.25) is 5.91 Å². The normalized spacial score (nSPS) is 12.1. The van der Waals surface area contributed by atoms with Gasteiger partial charge in [-0.25, -0.2) is 0 Å². The van der Waals surface area contributed by atoms with E-state index in [2.05, 4.69) is 31.2 Å². The van der Waals surface area contributed by atoms with E-state index in [1.807, 2.05) is 12.1 Å². The minimum Gasteiger partial charge on any atom is -0.467 e. The molecule has 1 atom stereocenters. The van der Waals surface area contributed by atoms with Gasteiger partial charge in [-0.2, -0.15) is 0 Å². The number of amides is 1. The molecule has 0 unspecified atom stereocenters. The van der Waals surface area contributed by atoms with Gasteiger partial charge in [-0.3, -0.25) is 4.79 Å². The Balaban J connectivity index is 2.01. The highest BCUT2D eigenvalue weighted by Crippen LogP contribution is 2.10. The molecule has 0 radical (unpaired) electrons. The summed E-state index contributed by atoms with van der Waals surface area (Å²) in [4.78, 5) is 14.0. The van der Waals surface area contributed by atoms with Crippen molar-refractivity contribution < 1.29 is 9.21 Å². The predicted molar refractivity (Wildman–Crippen MR) is 82.7 cm³/mol. The van der Waals surface area contributed by atoms with Crippen LogP contribution in [0.1, 0.15) is 23.8 Å².